The van der Waals surface area contributed by atoms with Gasteiger partial charge >= 0.3 is 6.18 Å². The van der Waals surface area contributed by atoms with Crippen LogP contribution in [0.15, 0.2) is 59.5 Å². The molecule has 1 saturated heterocycles. The Kier molecular flexibility index (Phi) is 8.47. The van der Waals surface area contributed by atoms with Gasteiger partial charge in [-0.05, 0) is 88.3 Å². The molecule has 7 nitrogen and oxygen atoms in total. The van der Waals surface area contributed by atoms with Gasteiger partial charge in [-0.3, -0.25) is 4.79 Å². The first-order valence-electron chi connectivity index (χ1n) is 11.4. The van der Waals surface area contributed by atoms with Crippen LogP contribution >= 0.6 is 22.6 Å². The summed E-state index contributed by atoms with van der Waals surface area (Å²) in [5.74, 6) is -1.60. The van der Waals surface area contributed by atoms with E-state index in [4.69, 9.17) is 4.74 Å². The summed E-state index contributed by atoms with van der Waals surface area (Å²) in [5.41, 5.74) is 0.220. The Morgan fingerprint density at radius 3 is 2.49 bits per heavy atom. The van der Waals surface area contributed by atoms with Gasteiger partial charge in [0.15, 0.2) is 0 Å². The minimum Gasteiger partial charge on any atom is -0.481 e. The summed E-state index contributed by atoms with van der Waals surface area (Å²) in [6.07, 6.45) is -6.57. The Hall–Kier alpha value is -2.85. The molecule has 1 aliphatic heterocycles. The van der Waals surface area contributed by atoms with Gasteiger partial charge in [0.25, 0.3) is 0 Å². The number of carbonyl (C=O) groups excluding carboxylic acids is 1. The molecule has 1 aliphatic rings. The van der Waals surface area contributed by atoms with Crippen molar-refractivity contribution in [3.8, 4) is 17.0 Å². The fourth-order valence-electron chi connectivity index (χ4n) is 4.19. The van der Waals surface area contributed by atoms with E-state index < -0.39 is 52.4 Å². The number of hydrogen-bond acceptors (Lipinski definition) is 5. The smallest absolute Gasteiger partial charge is 0.433 e. The van der Waals surface area contributed by atoms with Crippen LogP contribution in [0.3, 0.4) is 0 Å². The van der Waals surface area contributed by atoms with Crippen LogP contribution in [0.4, 0.5) is 22.0 Å². The number of ether oxygens (including phenoxy) is 1. The number of alkyl halides is 4. The van der Waals surface area contributed by atoms with Crippen molar-refractivity contribution in [2.24, 2.45) is 0 Å². The normalized spacial score (nSPS) is 18.2. The average Bonchev–Trinajstić information content (AvgIpc) is 3.29. The molecule has 208 valence electrons. The van der Waals surface area contributed by atoms with Crippen molar-refractivity contribution in [3.05, 3.63) is 75.2 Å². The van der Waals surface area contributed by atoms with Gasteiger partial charge in [-0.2, -0.15) is 17.5 Å². The molecule has 2 atom stereocenters. The third kappa shape index (κ3) is 6.49. The Morgan fingerprint density at radius 2 is 1.85 bits per heavy atom. The molecule has 4 rings (SSSR count). The second kappa shape index (κ2) is 11.3. The molecule has 14 heteroatoms. The summed E-state index contributed by atoms with van der Waals surface area (Å²) < 4.78 is 99.4. The maximum atomic E-state index is 14.3. The molecule has 2 heterocycles. The van der Waals surface area contributed by atoms with Crippen molar-refractivity contribution >= 4 is 38.5 Å². The lowest BCUT2D eigenvalue weighted by Gasteiger charge is -2.23. The summed E-state index contributed by atoms with van der Waals surface area (Å²) in [6.45, 7) is -0.594. The average molecular weight is 681 g/mol. The molecule has 0 spiro atoms. The number of sulfonamides is 1. The lowest BCUT2D eigenvalue weighted by Crippen LogP contribution is -2.45. The predicted molar refractivity (Wildman–Crippen MR) is 139 cm³/mol. The van der Waals surface area contributed by atoms with E-state index in [1.54, 1.807) is 18.2 Å². The molecule has 2 aromatic carbocycles. The van der Waals surface area contributed by atoms with Gasteiger partial charge in [-0.15, -0.1) is 0 Å². The number of benzene rings is 2. The van der Waals surface area contributed by atoms with Crippen LogP contribution in [-0.2, 0) is 27.5 Å². The van der Waals surface area contributed by atoms with E-state index in [0.29, 0.717) is 20.3 Å². The number of pyridine rings is 1. The van der Waals surface area contributed by atoms with Gasteiger partial charge in [0.05, 0.1) is 12.0 Å². The van der Waals surface area contributed by atoms with Gasteiger partial charge in [-0.1, -0.05) is 0 Å². The first-order valence-corrected chi connectivity index (χ1v) is 13.9. The summed E-state index contributed by atoms with van der Waals surface area (Å²) in [7, 11) is -3.07. The summed E-state index contributed by atoms with van der Waals surface area (Å²) >= 11 is 2.00. The van der Waals surface area contributed by atoms with Gasteiger partial charge in [-0.25, -0.2) is 22.2 Å². The molecular weight excluding hydrogens is 660 g/mol. The largest absolute Gasteiger partial charge is 0.481 e. The molecule has 39 heavy (non-hydrogen) atoms. The Labute approximate surface area is 234 Å². The number of carbonyl (C=O) groups is 1. The number of nitrogens with zero attached hydrogens (tertiary/aromatic N) is 2. The highest BCUT2D eigenvalue weighted by Crippen LogP contribution is 2.35. The summed E-state index contributed by atoms with van der Waals surface area (Å²) in [6, 6.07) is 9.79. The molecular formula is C25H21F5IN3O4S. The highest BCUT2D eigenvalue weighted by molar-refractivity contribution is 14.1. The van der Waals surface area contributed by atoms with Crippen molar-refractivity contribution in [1.29, 1.82) is 0 Å². The van der Waals surface area contributed by atoms with E-state index in [0.717, 1.165) is 34.6 Å². The quantitative estimate of drug-likeness (QED) is 0.282. The minimum absolute atomic E-state index is 0.0725. The van der Waals surface area contributed by atoms with E-state index in [2.05, 4.69) is 10.3 Å². The zero-order chi connectivity index (χ0) is 28.5. The lowest BCUT2D eigenvalue weighted by atomic mass is 10.0. The monoisotopic (exact) mass is 681 g/mol. The van der Waals surface area contributed by atoms with E-state index in [1.165, 1.54) is 13.2 Å². The highest BCUT2D eigenvalue weighted by Gasteiger charge is 2.44. The third-order valence-electron chi connectivity index (χ3n) is 6.01. The molecule has 3 aromatic rings. The van der Waals surface area contributed by atoms with Crippen molar-refractivity contribution in [2.45, 2.75) is 36.3 Å². The van der Waals surface area contributed by atoms with Crippen molar-refractivity contribution in [3.63, 3.8) is 0 Å². The topological polar surface area (TPSA) is 88.6 Å². The Balaban J connectivity index is 1.54. The van der Waals surface area contributed by atoms with Gasteiger partial charge in [0.2, 0.25) is 21.8 Å². The van der Waals surface area contributed by atoms with Crippen LogP contribution in [0.1, 0.15) is 17.7 Å². The first-order chi connectivity index (χ1) is 18.3. The standard InChI is InChI=1S/C25H21F5IN3O4S/c1-38-24-20(6-7-22(33-24)25(28,29)30)15-8-14(9-18(31)10-15)12-32-23(35)21-11-17(27)13-34(21)39(36,37)19-4-2-16(26)3-5-19/h2-10,17,21H,11-13H2,1H3,(H,32,35)/t17-,21+/m1/s1. The van der Waals surface area contributed by atoms with Crippen LogP contribution in [-0.4, -0.2) is 49.5 Å². The molecule has 0 unspecified atom stereocenters. The molecule has 1 aromatic heterocycles. The van der Waals surface area contributed by atoms with Crippen molar-refractivity contribution in [1.82, 2.24) is 14.6 Å². The summed E-state index contributed by atoms with van der Waals surface area (Å²) in [5, 5.41) is 2.62. The molecule has 0 bridgehead atoms. The van der Waals surface area contributed by atoms with Gasteiger partial charge < -0.3 is 10.1 Å². The molecule has 1 N–H and O–H groups in total. The second-order valence-corrected chi connectivity index (χ2v) is 11.8. The van der Waals surface area contributed by atoms with E-state index >= 15 is 0 Å². The number of rotatable bonds is 7. The molecule has 1 fully saturated rings. The minimum atomic E-state index is -4.65. The number of nitrogens with one attached hydrogen (secondary N) is 1. The number of amides is 1. The van der Waals surface area contributed by atoms with Crippen molar-refractivity contribution < 1.29 is 39.9 Å². The Morgan fingerprint density at radius 1 is 1.15 bits per heavy atom. The van der Waals surface area contributed by atoms with Crippen molar-refractivity contribution in [2.75, 3.05) is 13.7 Å². The number of methoxy groups -OCH3 is 1. The number of aromatic nitrogens is 1. The maximum absolute atomic E-state index is 14.3. The molecule has 0 radical (unpaired) electrons. The third-order valence-corrected chi connectivity index (χ3v) is 8.52. The molecule has 0 saturated carbocycles. The first kappa shape index (κ1) is 29.1. The van der Waals surface area contributed by atoms with Crippen LogP contribution in [0.2, 0.25) is 0 Å². The van der Waals surface area contributed by atoms with Crippen LogP contribution in [0.5, 0.6) is 5.88 Å². The lowest BCUT2D eigenvalue weighted by molar-refractivity contribution is -0.141. The Bertz CT molecular complexity index is 1490. The predicted octanol–water partition coefficient (Wildman–Crippen LogP) is 4.94. The van der Waals surface area contributed by atoms with Crippen LogP contribution < -0.4 is 10.1 Å². The molecule has 0 aliphatic carbocycles. The van der Waals surface area contributed by atoms with Gasteiger partial charge in [0, 0.05) is 28.6 Å². The van der Waals surface area contributed by atoms with E-state index in [-0.39, 0.29) is 23.7 Å². The number of halogens is 6. The second-order valence-electron chi connectivity index (χ2n) is 8.69. The maximum Gasteiger partial charge on any atom is 0.433 e. The zero-order valence-corrected chi connectivity index (χ0v) is 23.1. The van der Waals surface area contributed by atoms with E-state index in [9.17, 15) is 35.2 Å². The zero-order valence-electron chi connectivity index (χ0n) is 20.2. The molecule has 1 amide bonds. The highest BCUT2D eigenvalue weighted by atomic mass is 127. The summed E-state index contributed by atoms with van der Waals surface area (Å²) in [4.78, 5) is 16.3. The number of hydrogen-bond donors (Lipinski definition) is 1. The SMILES string of the molecule is COc1nc(C(F)(F)F)ccc1-c1cc(I)cc(CNC(=O)[C@@H]2C[C@@H](F)CN2S(=O)(=O)c2ccc(F)cc2)c1. The van der Waals surface area contributed by atoms with Crippen LogP contribution in [0, 0.1) is 9.39 Å². The van der Waals surface area contributed by atoms with E-state index in [1.807, 2.05) is 22.6 Å². The van der Waals surface area contributed by atoms with Gasteiger partial charge in [0.1, 0.15) is 23.7 Å². The fraction of sp³-hybridized carbons (Fsp3) is 0.280. The van der Waals surface area contributed by atoms with Crippen LogP contribution in [0.25, 0.3) is 11.1 Å². The fourth-order valence-corrected chi connectivity index (χ4v) is 6.55.